The molecule has 0 amide bonds. The van der Waals surface area contributed by atoms with Crippen LogP contribution in [0.5, 0.6) is 17.2 Å². The highest BCUT2D eigenvalue weighted by atomic mass is 16.5. The minimum absolute atomic E-state index is 0.0843. The molecule has 0 unspecified atom stereocenters. The van der Waals surface area contributed by atoms with Gasteiger partial charge in [0.1, 0.15) is 0 Å². The Morgan fingerprint density at radius 2 is 1.39 bits per heavy atom. The fraction of sp³-hybridized carbons (Fsp3) is 0.111. The number of allylic oxidation sites excluding steroid dienone is 1. The highest BCUT2D eigenvalue weighted by Crippen LogP contribution is 2.38. The number of aromatic hydroxyl groups is 1. The van der Waals surface area contributed by atoms with Crippen molar-refractivity contribution in [2.24, 2.45) is 0 Å². The number of hydrogen-bond acceptors (Lipinski definition) is 5. The molecule has 116 valence electrons. The van der Waals surface area contributed by atoms with E-state index < -0.39 is 0 Å². The van der Waals surface area contributed by atoms with Gasteiger partial charge in [0, 0.05) is 11.1 Å². The normalized spacial score (nSPS) is 13.0. The zero-order valence-electron chi connectivity index (χ0n) is 12.6. The molecule has 0 fully saturated rings. The van der Waals surface area contributed by atoms with Gasteiger partial charge in [0.15, 0.2) is 23.1 Å². The van der Waals surface area contributed by atoms with Crippen LogP contribution in [0.15, 0.2) is 42.0 Å². The summed E-state index contributed by atoms with van der Waals surface area (Å²) < 4.78 is 10.2. The number of methoxy groups -OCH3 is 2. The Balaban J connectivity index is 2.10. The lowest BCUT2D eigenvalue weighted by molar-refractivity contribution is 0.0990. The van der Waals surface area contributed by atoms with Crippen molar-refractivity contribution in [1.82, 2.24) is 0 Å². The van der Waals surface area contributed by atoms with Crippen LogP contribution in [0, 0.1) is 0 Å². The van der Waals surface area contributed by atoms with Crippen molar-refractivity contribution in [1.29, 1.82) is 0 Å². The number of Topliss-reactive ketones (excluding diaryl/α,β-unsaturated/α-hetero) is 2. The number of benzene rings is 2. The molecule has 0 heterocycles. The van der Waals surface area contributed by atoms with E-state index >= 15 is 0 Å². The molecule has 2 aromatic rings. The van der Waals surface area contributed by atoms with E-state index in [9.17, 15) is 14.7 Å². The SMILES string of the molecule is COc1cc(C=C2C(=O)c3ccccc3C2=O)cc(OC)c1O. The molecule has 0 saturated heterocycles. The monoisotopic (exact) mass is 310 g/mol. The van der Waals surface area contributed by atoms with Crippen molar-refractivity contribution in [2.45, 2.75) is 0 Å². The van der Waals surface area contributed by atoms with E-state index in [0.29, 0.717) is 16.7 Å². The first-order chi connectivity index (χ1) is 11.1. The average Bonchev–Trinajstić information content (AvgIpc) is 2.81. The smallest absolute Gasteiger partial charge is 0.200 e. The van der Waals surface area contributed by atoms with Crippen LogP contribution in [-0.4, -0.2) is 30.9 Å². The molecule has 5 heteroatoms. The molecular weight excluding hydrogens is 296 g/mol. The number of rotatable bonds is 3. The number of ketones is 2. The summed E-state index contributed by atoms with van der Waals surface area (Å²) >= 11 is 0. The number of carbonyl (C=O) groups excluding carboxylic acids is 2. The third-order valence-corrected chi connectivity index (χ3v) is 3.72. The molecule has 1 N–H and O–H groups in total. The Morgan fingerprint density at radius 1 is 0.913 bits per heavy atom. The summed E-state index contributed by atoms with van der Waals surface area (Å²) in [7, 11) is 2.82. The van der Waals surface area contributed by atoms with Gasteiger partial charge < -0.3 is 14.6 Å². The molecule has 0 atom stereocenters. The molecule has 5 nitrogen and oxygen atoms in total. The van der Waals surface area contributed by atoms with Crippen molar-refractivity contribution in [2.75, 3.05) is 14.2 Å². The minimum Gasteiger partial charge on any atom is -0.502 e. The molecule has 0 spiro atoms. The second-order valence-electron chi connectivity index (χ2n) is 5.04. The quantitative estimate of drug-likeness (QED) is 0.697. The number of hydrogen-bond donors (Lipinski definition) is 1. The molecular formula is C18H14O5. The standard InChI is InChI=1S/C18H14O5/c1-22-14-8-10(9-15(23-2)18(14)21)7-13-16(19)11-5-3-4-6-12(11)17(13)20/h3-9,21H,1-2H3. The third kappa shape index (κ3) is 2.36. The molecule has 0 saturated carbocycles. The van der Waals surface area contributed by atoms with E-state index in [1.54, 1.807) is 24.3 Å². The largest absolute Gasteiger partial charge is 0.502 e. The fourth-order valence-electron chi connectivity index (χ4n) is 2.57. The second kappa shape index (κ2) is 5.61. The number of phenols is 1. The zero-order valence-corrected chi connectivity index (χ0v) is 12.6. The van der Waals surface area contributed by atoms with E-state index in [-0.39, 0.29) is 34.4 Å². The van der Waals surface area contributed by atoms with Gasteiger partial charge in [0.25, 0.3) is 0 Å². The summed E-state index contributed by atoms with van der Waals surface area (Å²) in [6.45, 7) is 0. The Hall–Kier alpha value is -3.08. The summed E-state index contributed by atoms with van der Waals surface area (Å²) in [5.41, 5.74) is 1.42. The summed E-state index contributed by atoms with van der Waals surface area (Å²) in [6, 6.07) is 9.78. The molecule has 3 rings (SSSR count). The van der Waals surface area contributed by atoms with E-state index in [4.69, 9.17) is 9.47 Å². The summed E-state index contributed by atoms with van der Waals surface area (Å²) in [5.74, 6) is -0.351. The maximum Gasteiger partial charge on any atom is 0.200 e. The predicted molar refractivity (Wildman–Crippen MR) is 84.3 cm³/mol. The molecule has 0 aromatic heterocycles. The van der Waals surface area contributed by atoms with Crippen molar-refractivity contribution in [3.8, 4) is 17.2 Å². The van der Waals surface area contributed by atoms with Crippen molar-refractivity contribution in [3.05, 3.63) is 58.7 Å². The van der Waals surface area contributed by atoms with E-state index in [2.05, 4.69) is 0 Å². The van der Waals surface area contributed by atoms with E-state index in [1.165, 1.54) is 32.4 Å². The first-order valence-electron chi connectivity index (χ1n) is 6.92. The Kier molecular flexibility index (Phi) is 3.62. The van der Waals surface area contributed by atoms with Crippen LogP contribution >= 0.6 is 0 Å². The van der Waals surface area contributed by atoms with Gasteiger partial charge in [0.05, 0.1) is 19.8 Å². The maximum atomic E-state index is 12.4. The van der Waals surface area contributed by atoms with Crippen LogP contribution in [0.25, 0.3) is 6.08 Å². The average molecular weight is 310 g/mol. The molecule has 0 radical (unpaired) electrons. The lowest BCUT2D eigenvalue weighted by atomic mass is 10.1. The van der Waals surface area contributed by atoms with E-state index in [1.807, 2.05) is 0 Å². The number of phenolic OH excluding ortho intramolecular Hbond substituents is 1. The Bertz CT molecular complexity index is 786. The van der Waals surface area contributed by atoms with Gasteiger partial charge in [-0.3, -0.25) is 9.59 Å². The van der Waals surface area contributed by atoms with Gasteiger partial charge in [-0.2, -0.15) is 0 Å². The van der Waals surface area contributed by atoms with Crippen LogP contribution in [-0.2, 0) is 0 Å². The highest BCUT2D eigenvalue weighted by Gasteiger charge is 2.32. The second-order valence-corrected chi connectivity index (χ2v) is 5.04. The third-order valence-electron chi connectivity index (χ3n) is 3.72. The Morgan fingerprint density at radius 3 is 1.83 bits per heavy atom. The predicted octanol–water partition coefficient (Wildman–Crippen LogP) is 2.87. The molecule has 23 heavy (non-hydrogen) atoms. The van der Waals surface area contributed by atoms with Crippen LogP contribution in [0.2, 0.25) is 0 Å². The molecule has 0 aliphatic heterocycles. The van der Waals surface area contributed by atoms with E-state index in [0.717, 1.165) is 0 Å². The van der Waals surface area contributed by atoms with Gasteiger partial charge in [-0.1, -0.05) is 24.3 Å². The van der Waals surface area contributed by atoms with Crippen LogP contribution in [0.3, 0.4) is 0 Å². The highest BCUT2D eigenvalue weighted by molar-refractivity contribution is 6.41. The van der Waals surface area contributed by atoms with Crippen molar-refractivity contribution < 1.29 is 24.2 Å². The lowest BCUT2D eigenvalue weighted by Crippen LogP contribution is -2.00. The van der Waals surface area contributed by atoms with Crippen LogP contribution in [0.1, 0.15) is 26.3 Å². The number of ether oxygens (including phenoxy) is 2. The van der Waals surface area contributed by atoms with Gasteiger partial charge >= 0.3 is 0 Å². The van der Waals surface area contributed by atoms with Crippen molar-refractivity contribution in [3.63, 3.8) is 0 Å². The Labute approximate surface area is 132 Å². The van der Waals surface area contributed by atoms with Crippen LogP contribution in [0.4, 0.5) is 0 Å². The molecule has 1 aliphatic carbocycles. The topological polar surface area (TPSA) is 72.8 Å². The summed E-state index contributed by atoms with van der Waals surface area (Å²) in [5, 5.41) is 9.92. The summed E-state index contributed by atoms with van der Waals surface area (Å²) in [6.07, 6.45) is 1.48. The number of fused-ring (bicyclic) bond motifs is 1. The fourth-order valence-corrected chi connectivity index (χ4v) is 2.57. The minimum atomic E-state index is -0.309. The number of carbonyl (C=O) groups is 2. The molecule has 0 bridgehead atoms. The molecule has 2 aromatic carbocycles. The van der Waals surface area contributed by atoms with Gasteiger partial charge in [0.2, 0.25) is 5.75 Å². The first kappa shape index (κ1) is 14.8. The lowest BCUT2D eigenvalue weighted by Gasteiger charge is -2.09. The zero-order chi connectivity index (χ0) is 16.6. The first-order valence-corrected chi connectivity index (χ1v) is 6.92. The summed E-state index contributed by atoms with van der Waals surface area (Å²) in [4.78, 5) is 24.8. The maximum absolute atomic E-state index is 12.4. The van der Waals surface area contributed by atoms with Crippen molar-refractivity contribution >= 4 is 17.6 Å². The van der Waals surface area contributed by atoms with Gasteiger partial charge in [-0.25, -0.2) is 0 Å². The molecule has 1 aliphatic rings. The van der Waals surface area contributed by atoms with Crippen LogP contribution < -0.4 is 9.47 Å². The van der Waals surface area contributed by atoms with Gasteiger partial charge in [-0.15, -0.1) is 0 Å². The van der Waals surface area contributed by atoms with Gasteiger partial charge in [-0.05, 0) is 23.8 Å².